The van der Waals surface area contributed by atoms with Crippen LogP contribution in [0.2, 0.25) is 0 Å². The number of hydrogen-bond acceptors (Lipinski definition) is 4. The maximum atomic E-state index is 12.5. The van der Waals surface area contributed by atoms with Crippen LogP contribution >= 0.6 is 0 Å². The third-order valence-electron chi connectivity index (χ3n) is 5.66. The summed E-state index contributed by atoms with van der Waals surface area (Å²) in [5.74, 6) is 0.528. The van der Waals surface area contributed by atoms with Crippen molar-refractivity contribution in [3.63, 3.8) is 0 Å². The third kappa shape index (κ3) is 5.97. The molecule has 1 aromatic carbocycles. The van der Waals surface area contributed by atoms with Crippen molar-refractivity contribution < 1.29 is 19.1 Å². The van der Waals surface area contributed by atoms with E-state index in [1.807, 2.05) is 17.0 Å². The Labute approximate surface area is 178 Å². The highest BCUT2D eigenvalue weighted by Gasteiger charge is 2.27. The first-order valence-corrected chi connectivity index (χ1v) is 10.8. The first-order valence-electron chi connectivity index (χ1n) is 10.8. The summed E-state index contributed by atoms with van der Waals surface area (Å²) in [5, 5.41) is 2.54. The lowest BCUT2D eigenvalue weighted by Gasteiger charge is -2.33. The van der Waals surface area contributed by atoms with Crippen LogP contribution in [-0.2, 0) is 20.9 Å². The molecule has 2 saturated heterocycles. The molecule has 164 valence electrons. The fourth-order valence-electron chi connectivity index (χ4n) is 4.17. The van der Waals surface area contributed by atoms with Gasteiger partial charge in [-0.15, -0.1) is 0 Å². The number of alkyl carbamates (subject to hydrolysis) is 1. The van der Waals surface area contributed by atoms with Gasteiger partial charge in [-0.25, -0.2) is 4.79 Å². The summed E-state index contributed by atoms with van der Waals surface area (Å²) in [6.07, 6.45) is 2.78. The second-order valence-electron chi connectivity index (χ2n) is 9.13. The molecule has 0 aromatic heterocycles. The molecule has 2 fully saturated rings. The Kier molecular flexibility index (Phi) is 7.00. The molecule has 3 rings (SSSR count). The molecular formula is C23H33N3O4. The van der Waals surface area contributed by atoms with E-state index < -0.39 is 11.7 Å². The zero-order chi connectivity index (χ0) is 21.7. The summed E-state index contributed by atoms with van der Waals surface area (Å²) >= 11 is 0. The van der Waals surface area contributed by atoms with Crippen LogP contribution in [-0.4, -0.2) is 59.5 Å². The second kappa shape index (κ2) is 9.49. The number of nitrogens with zero attached hydrogens (tertiary/aromatic N) is 2. The van der Waals surface area contributed by atoms with Crippen LogP contribution in [0, 0.1) is 0 Å². The summed E-state index contributed by atoms with van der Waals surface area (Å²) in [5.41, 5.74) is 1.92. The summed E-state index contributed by atoms with van der Waals surface area (Å²) < 4.78 is 5.18. The normalized spacial score (nSPS) is 17.9. The van der Waals surface area contributed by atoms with Crippen LogP contribution in [0.3, 0.4) is 0 Å². The largest absolute Gasteiger partial charge is 0.444 e. The SMILES string of the molecule is CC(C)(C)OC(=O)NCC(=O)N1CCC(c2ccccc2CN2CCCC2=O)CC1. The number of rotatable bonds is 5. The molecule has 0 atom stereocenters. The minimum absolute atomic E-state index is 0.0484. The van der Waals surface area contributed by atoms with E-state index in [9.17, 15) is 14.4 Å². The maximum absolute atomic E-state index is 12.5. The fourth-order valence-corrected chi connectivity index (χ4v) is 4.17. The number of ether oxygens (including phenoxy) is 1. The van der Waals surface area contributed by atoms with E-state index in [-0.39, 0.29) is 18.4 Å². The predicted molar refractivity (Wildman–Crippen MR) is 114 cm³/mol. The summed E-state index contributed by atoms with van der Waals surface area (Å²) in [4.78, 5) is 40.0. The van der Waals surface area contributed by atoms with Gasteiger partial charge in [-0.3, -0.25) is 9.59 Å². The molecule has 3 amide bonds. The van der Waals surface area contributed by atoms with E-state index in [0.717, 1.165) is 25.8 Å². The molecule has 1 aromatic rings. The molecule has 7 nitrogen and oxygen atoms in total. The molecule has 1 N–H and O–H groups in total. The van der Waals surface area contributed by atoms with Gasteiger partial charge in [-0.1, -0.05) is 24.3 Å². The molecule has 0 aliphatic carbocycles. The van der Waals surface area contributed by atoms with E-state index in [1.165, 1.54) is 11.1 Å². The van der Waals surface area contributed by atoms with Gasteiger partial charge in [0, 0.05) is 32.6 Å². The van der Waals surface area contributed by atoms with Gasteiger partial charge in [-0.05, 0) is 57.1 Å². The number of hydrogen-bond donors (Lipinski definition) is 1. The van der Waals surface area contributed by atoms with Gasteiger partial charge in [0.1, 0.15) is 12.1 Å². The first kappa shape index (κ1) is 22.1. The Balaban J connectivity index is 1.51. The Morgan fingerprint density at radius 2 is 1.83 bits per heavy atom. The fraction of sp³-hybridized carbons (Fsp3) is 0.609. The Morgan fingerprint density at radius 1 is 1.13 bits per heavy atom. The van der Waals surface area contributed by atoms with Crippen molar-refractivity contribution in [2.24, 2.45) is 0 Å². The van der Waals surface area contributed by atoms with Crippen LogP contribution in [0.15, 0.2) is 24.3 Å². The van der Waals surface area contributed by atoms with Gasteiger partial charge in [0.15, 0.2) is 0 Å². The Bertz CT molecular complexity index is 779. The zero-order valence-corrected chi connectivity index (χ0v) is 18.3. The first-order chi connectivity index (χ1) is 14.2. The van der Waals surface area contributed by atoms with Crippen LogP contribution in [0.1, 0.15) is 63.5 Å². The number of benzene rings is 1. The van der Waals surface area contributed by atoms with E-state index in [1.54, 1.807) is 25.7 Å². The number of amides is 3. The summed E-state index contributed by atoms with van der Waals surface area (Å²) in [7, 11) is 0. The van der Waals surface area contributed by atoms with Crippen LogP contribution in [0.25, 0.3) is 0 Å². The molecule has 7 heteroatoms. The quantitative estimate of drug-likeness (QED) is 0.802. The van der Waals surface area contributed by atoms with Crippen LogP contribution in [0.4, 0.5) is 4.79 Å². The monoisotopic (exact) mass is 415 g/mol. The highest BCUT2D eigenvalue weighted by Crippen LogP contribution is 2.31. The lowest BCUT2D eigenvalue weighted by atomic mass is 9.86. The highest BCUT2D eigenvalue weighted by atomic mass is 16.6. The minimum atomic E-state index is -0.585. The van der Waals surface area contributed by atoms with Gasteiger partial charge in [0.25, 0.3) is 0 Å². The van der Waals surface area contributed by atoms with Crippen molar-refractivity contribution in [3.05, 3.63) is 35.4 Å². The maximum Gasteiger partial charge on any atom is 0.408 e. The summed E-state index contributed by atoms with van der Waals surface area (Å²) in [6.45, 7) is 8.16. The van der Waals surface area contributed by atoms with Gasteiger partial charge < -0.3 is 19.9 Å². The Morgan fingerprint density at radius 3 is 2.47 bits per heavy atom. The standard InChI is InChI=1S/C23H33N3O4/c1-23(2,3)30-22(29)24-15-21(28)25-13-10-17(11-14-25)19-8-5-4-7-18(19)16-26-12-6-9-20(26)27/h4-5,7-8,17H,6,9-16H2,1-3H3,(H,24,29). The Hall–Kier alpha value is -2.57. The molecule has 0 unspecified atom stereocenters. The molecule has 30 heavy (non-hydrogen) atoms. The zero-order valence-electron chi connectivity index (χ0n) is 18.3. The van der Waals surface area contributed by atoms with Crippen molar-refractivity contribution in [1.82, 2.24) is 15.1 Å². The average molecular weight is 416 g/mol. The topological polar surface area (TPSA) is 79.0 Å². The minimum Gasteiger partial charge on any atom is -0.444 e. The van der Waals surface area contributed by atoms with Crippen molar-refractivity contribution in [2.75, 3.05) is 26.2 Å². The molecule has 2 aliphatic rings. The molecule has 0 radical (unpaired) electrons. The second-order valence-corrected chi connectivity index (χ2v) is 9.13. The van der Waals surface area contributed by atoms with Crippen molar-refractivity contribution in [2.45, 2.75) is 64.5 Å². The smallest absolute Gasteiger partial charge is 0.408 e. The van der Waals surface area contributed by atoms with Crippen molar-refractivity contribution >= 4 is 17.9 Å². The molecule has 0 spiro atoms. The van der Waals surface area contributed by atoms with Crippen molar-refractivity contribution in [1.29, 1.82) is 0 Å². The van der Waals surface area contributed by atoms with E-state index in [4.69, 9.17) is 4.74 Å². The van der Waals surface area contributed by atoms with Gasteiger partial charge in [0.05, 0.1) is 0 Å². The number of nitrogens with one attached hydrogen (secondary N) is 1. The van der Waals surface area contributed by atoms with Crippen molar-refractivity contribution in [3.8, 4) is 0 Å². The van der Waals surface area contributed by atoms with Crippen LogP contribution in [0.5, 0.6) is 0 Å². The highest BCUT2D eigenvalue weighted by molar-refractivity contribution is 5.82. The molecule has 2 heterocycles. The molecule has 2 aliphatic heterocycles. The van der Waals surface area contributed by atoms with E-state index in [0.29, 0.717) is 32.0 Å². The van der Waals surface area contributed by atoms with Crippen LogP contribution < -0.4 is 5.32 Å². The summed E-state index contributed by atoms with van der Waals surface area (Å²) in [6, 6.07) is 8.35. The molecule has 0 bridgehead atoms. The van der Waals surface area contributed by atoms with Gasteiger partial charge in [-0.2, -0.15) is 0 Å². The van der Waals surface area contributed by atoms with Gasteiger partial charge >= 0.3 is 6.09 Å². The van der Waals surface area contributed by atoms with E-state index in [2.05, 4.69) is 17.4 Å². The average Bonchev–Trinajstić information content (AvgIpc) is 3.10. The lowest BCUT2D eigenvalue weighted by Crippen LogP contribution is -2.44. The lowest BCUT2D eigenvalue weighted by molar-refractivity contribution is -0.131. The number of piperidine rings is 1. The third-order valence-corrected chi connectivity index (χ3v) is 5.66. The van der Waals surface area contributed by atoms with E-state index >= 15 is 0 Å². The van der Waals surface area contributed by atoms with Gasteiger partial charge in [0.2, 0.25) is 11.8 Å². The molecular weight excluding hydrogens is 382 g/mol. The number of carbonyl (C=O) groups is 3. The predicted octanol–water partition coefficient (Wildman–Crippen LogP) is 3.04. The number of likely N-dealkylation sites (tertiary alicyclic amines) is 2. The number of carbonyl (C=O) groups excluding carboxylic acids is 3. The molecule has 0 saturated carbocycles.